The molecule has 1 unspecified atom stereocenters. The summed E-state index contributed by atoms with van der Waals surface area (Å²) in [5, 5.41) is 5.84. The molecule has 1 aromatic heterocycles. The lowest BCUT2D eigenvalue weighted by atomic mass is 10.1. The predicted molar refractivity (Wildman–Crippen MR) is 118 cm³/mol. The van der Waals surface area contributed by atoms with Crippen molar-refractivity contribution < 1.29 is 9.59 Å². The van der Waals surface area contributed by atoms with Crippen molar-refractivity contribution in [3.63, 3.8) is 0 Å². The minimum Gasteiger partial charge on any atom is -0.346 e. The highest BCUT2D eigenvalue weighted by Crippen LogP contribution is 2.29. The van der Waals surface area contributed by atoms with E-state index in [1.807, 2.05) is 55.5 Å². The predicted octanol–water partition coefficient (Wildman–Crippen LogP) is 5.37. The van der Waals surface area contributed by atoms with Gasteiger partial charge in [-0.25, -0.2) is 4.98 Å². The van der Waals surface area contributed by atoms with Crippen LogP contribution >= 0.6 is 22.9 Å². The zero-order valence-corrected chi connectivity index (χ0v) is 17.6. The average molecular weight is 426 g/mol. The van der Waals surface area contributed by atoms with Crippen LogP contribution in [0.15, 0.2) is 66.1 Å². The molecule has 2 aromatic carbocycles. The maximum absolute atomic E-state index is 12.3. The Balaban J connectivity index is 1.69. The van der Waals surface area contributed by atoms with Gasteiger partial charge in [-0.05, 0) is 36.8 Å². The molecule has 5 nitrogen and oxygen atoms in total. The van der Waals surface area contributed by atoms with Crippen LogP contribution in [0.5, 0.6) is 0 Å². The highest BCUT2D eigenvalue weighted by Gasteiger charge is 2.17. The normalized spacial score (nSPS) is 12.0. The van der Waals surface area contributed by atoms with Crippen molar-refractivity contribution in [3.8, 4) is 0 Å². The molecule has 29 heavy (non-hydrogen) atoms. The van der Waals surface area contributed by atoms with Gasteiger partial charge in [0.1, 0.15) is 0 Å². The third-order valence-corrected chi connectivity index (χ3v) is 5.35. The molecule has 7 heteroatoms. The van der Waals surface area contributed by atoms with Crippen molar-refractivity contribution in [1.29, 1.82) is 0 Å². The largest absolute Gasteiger partial charge is 0.346 e. The number of hydrogen-bond acceptors (Lipinski definition) is 4. The number of nitrogens with one attached hydrogen (secondary N) is 1. The number of halogens is 1. The summed E-state index contributed by atoms with van der Waals surface area (Å²) in [6.45, 7) is 3.37. The number of hydrogen-bond donors (Lipinski definition) is 1. The Morgan fingerprint density at radius 1 is 1.14 bits per heavy atom. The Labute approximate surface area is 178 Å². The summed E-state index contributed by atoms with van der Waals surface area (Å²) in [4.78, 5) is 30.4. The smallest absolute Gasteiger partial charge is 0.244 e. The molecule has 0 spiro atoms. The maximum atomic E-state index is 12.3. The number of thiazole rings is 1. The molecule has 1 heterocycles. The van der Waals surface area contributed by atoms with E-state index in [2.05, 4.69) is 10.3 Å². The molecule has 0 fully saturated rings. The van der Waals surface area contributed by atoms with Crippen molar-refractivity contribution in [2.24, 2.45) is 0 Å². The third kappa shape index (κ3) is 5.31. The lowest BCUT2D eigenvalue weighted by Gasteiger charge is -2.17. The molecule has 0 aliphatic heterocycles. The van der Waals surface area contributed by atoms with E-state index in [1.165, 1.54) is 24.3 Å². The fraction of sp³-hybridized carbons (Fsp3) is 0.136. The quantitative estimate of drug-likeness (QED) is 0.540. The monoisotopic (exact) mass is 425 g/mol. The lowest BCUT2D eigenvalue weighted by Crippen LogP contribution is -2.24. The SMILES string of the molecule is CC(=O)N(c1ccccc1)c1nc(/C=C/C(=O)NC(C)c2ccccc2Cl)cs1. The zero-order valence-electron chi connectivity index (χ0n) is 16.0. The molecule has 0 bridgehead atoms. The fourth-order valence-corrected chi connectivity index (χ4v) is 3.94. The second-order valence-corrected chi connectivity index (χ2v) is 7.57. The summed E-state index contributed by atoms with van der Waals surface area (Å²) >= 11 is 7.51. The van der Waals surface area contributed by atoms with Crippen LogP contribution in [0, 0.1) is 0 Å². The molecule has 0 aliphatic rings. The van der Waals surface area contributed by atoms with Crippen molar-refractivity contribution in [1.82, 2.24) is 10.3 Å². The maximum Gasteiger partial charge on any atom is 0.244 e. The number of aromatic nitrogens is 1. The minimum atomic E-state index is -0.251. The molecule has 0 aliphatic carbocycles. The van der Waals surface area contributed by atoms with E-state index >= 15 is 0 Å². The topological polar surface area (TPSA) is 62.3 Å². The van der Waals surface area contributed by atoms with Crippen LogP contribution in [0.2, 0.25) is 5.02 Å². The van der Waals surface area contributed by atoms with Gasteiger partial charge in [-0.1, -0.05) is 48.0 Å². The van der Waals surface area contributed by atoms with E-state index in [4.69, 9.17) is 11.6 Å². The van der Waals surface area contributed by atoms with Gasteiger partial charge in [0.15, 0.2) is 5.13 Å². The van der Waals surface area contributed by atoms with E-state index in [9.17, 15) is 9.59 Å². The fourth-order valence-electron chi connectivity index (χ4n) is 2.79. The summed E-state index contributed by atoms with van der Waals surface area (Å²) in [5.74, 6) is -0.383. The number of anilines is 2. The summed E-state index contributed by atoms with van der Waals surface area (Å²) in [6, 6.07) is 16.5. The summed E-state index contributed by atoms with van der Waals surface area (Å²) in [5.41, 5.74) is 2.20. The minimum absolute atomic E-state index is 0.132. The van der Waals surface area contributed by atoms with Gasteiger partial charge in [-0.3, -0.25) is 14.5 Å². The van der Waals surface area contributed by atoms with E-state index < -0.39 is 0 Å². The van der Waals surface area contributed by atoms with Crippen LogP contribution in [0.1, 0.15) is 31.1 Å². The van der Waals surface area contributed by atoms with Gasteiger partial charge in [0.05, 0.1) is 17.4 Å². The standard InChI is InChI=1S/C22H20ClN3O2S/c1-15(19-10-6-7-11-20(19)23)24-21(28)13-12-17-14-29-22(25-17)26(16(2)27)18-8-4-3-5-9-18/h3-15H,1-2H3,(H,24,28)/b13-12+. The van der Waals surface area contributed by atoms with Crippen LogP contribution in [-0.4, -0.2) is 16.8 Å². The van der Waals surface area contributed by atoms with Crippen LogP contribution in [0.3, 0.4) is 0 Å². The highest BCUT2D eigenvalue weighted by atomic mass is 35.5. The molecule has 1 atom stereocenters. The molecular formula is C22H20ClN3O2S. The van der Waals surface area contributed by atoms with Crippen LogP contribution in [0.25, 0.3) is 6.08 Å². The molecule has 3 rings (SSSR count). The highest BCUT2D eigenvalue weighted by molar-refractivity contribution is 7.14. The van der Waals surface area contributed by atoms with Gasteiger partial charge in [0.2, 0.25) is 11.8 Å². The first-order chi connectivity index (χ1) is 14.0. The number of amides is 2. The summed E-state index contributed by atoms with van der Waals surface area (Å²) in [7, 11) is 0. The van der Waals surface area contributed by atoms with E-state index in [1.54, 1.807) is 22.4 Å². The molecule has 1 N–H and O–H groups in total. The zero-order chi connectivity index (χ0) is 20.8. The number of rotatable bonds is 6. The number of carbonyl (C=O) groups excluding carboxylic acids is 2. The Morgan fingerprint density at radius 3 is 2.52 bits per heavy atom. The van der Waals surface area contributed by atoms with Crippen LogP contribution in [-0.2, 0) is 9.59 Å². The third-order valence-electron chi connectivity index (χ3n) is 4.17. The first-order valence-corrected chi connectivity index (χ1v) is 10.3. The van der Waals surface area contributed by atoms with Crippen molar-refractivity contribution in [2.45, 2.75) is 19.9 Å². The Bertz CT molecular complexity index is 1030. The van der Waals surface area contributed by atoms with Gasteiger partial charge in [0, 0.05) is 23.4 Å². The molecule has 3 aromatic rings. The Kier molecular flexibility index (Phi) is 6.80. The van der Waals surface area contributed by atoms with Crippen LogP contribution in [0.4, 0.5) is 10.8 Å². The molecule has 0 saturated heterocycles. The molecule has 0 saturated carbocycles. The van der Waals surface area contributed by atoms with Gasteiger partial charge in [0.25, 0.3) is 0 Å². The summed E-state index contributed by atoms with van der Waals surface area (Å²) in [6.07, 6.45) is 3.05. The second-order valence-electron chi connectivity index (χ2n) is 6.33. The first-order valence-electron chi connectivity index (χ1n) is 9.00. The molecule has 2 amide bonds. The Hall–Kier alpha value is -2.96. The number of carbonyl (C=O) groups is 2. The second kappa shape index (κ2) is 9.49. The van der Waals surface area contributed by atoms with Gasteiger partial charge >= 0.3 is 0 Å². The van der Waals surface area contributed by atoms with E-state index in [0.717, 1.165) is 11.3 Å². The van der Waals surface area contributed by atoms with Crippen LogP contribution < -0.4 is 10.2 Å². The molecular weight excluding hydrogens is 406 g/mol. The van der Waals surface area contributed by atoms with Crippen molar-refractivity contribution >= 4 is 51.6 Å². The number of benzene rings is 2. The van der Waals surface area contributed by atoms with E-state index in [0.29, 0.717) is 15.8 Å². The van der Waals surface area contributed by atoms with Crippen molar-refractivity contribution in [3.05, 3.63) is 82.3 Å². The first kappa shape index (κ1) is 20.8. The van der Waals surface area contributed by atoms with E-state index in [-0.39, 0.29) is 17.9 Å². The average Bonchev–Trinajstić information content (AvgIpc) is 3.15. The molecule has 0 radical (unpaired) electrons. The van der Waals surface area contributed by atoms with Crippen molar-refractivity contribution in [2.75, 3.05) is 4.90 Å². The van der Waals surface area contributed by atoms with Gasteiger partial charge in [-0.2, -0.15) is 0 Å². The lowest BCUT2D eigenvalue weighted by molar-refractivity contribution is -0.117. The number of nitrogens with zero attached hydrogens (tertiary/aromatic N) is 2. The van der Waals surface area contributed by atoms with Gasteiger partial charge in [-0.15, -0.1) is 11.3 Å². The summed E-state index contributed by atoms with van der Waals surface area (Å²) < 4.78 is 0. The Morgan fingerprint density at radius 2 is 1.83 bits per heavy atom. The molecule has 148 valence electrons. The van der Waals surface area contributed by atoms with Gasteiger partial charge < -0.3 is 5.32 Å². The number of para-hydroxylation sites is 1.